The van der Waals surface area contributed by atoms with Crippen LogP contribution in [0, 0.1) is 0 Å². The summed E-state index contributed by atoms with van der Waals surface area (Å²) in [5.41, 5.74) is 0. The van der Waals surface area contributed by atoms with Crippen LogP contribution in [0.1, 0.15) is 290 Å². The molecule has 0 heterocycles. The number of esters is 2. The van der Waals surface area contributed by atoms with Gasteiger partial charge in [0.1, 0.15) is 13.2 Å². The average molecular weight is 1170 g/mol. The second-order valence-electron chi connectivity index (χ2n) is 24.1. The van der Waals surface area contributed by atoms with Crippen LogP contribution >= 0.6 is 0 Å². The molecule has 0 bridgehead atoms. The molecule has 0 aromatic carbocycles. The van der Waals surface area contributed by atoms with E-state index >= 15 is 0 Å². The van der Waals surface area contributed by atoms with Crippen LogP contribution in [-0.2, 0) is 33.3 Å². The number of unbranched alkanes of at least 4 members (excludes halogenated alkanes) is 30. The number of carboxylic acids is 1. The minimum absolute atomic E-state index is 0.145. The summed E-state index contributed by atoms with van der Waals surface area (Å²) in [6.07, 6.45) is 87.3. The van der Waals surface area contributed by atoms with Crippen LogP contribution in [0.5, 0.6) is 0 Å². The number of quaternary nitrogens is 1. The van der Waals surface area contributed by atoms with Gasteiger partial charge in [-0.3, -0.25) is 9.59 Å². The molecule has 2 atom stereocenters. The van der Waals surface area contributed by atoms with E-state index in [9.17, 15) is 19.5 Å². The SMILES string of the molecule is CC/C=C\C/C=C\C/C=C\C/C=C\C/C=C\C/C=C\C/C=C\C/C=C\C/C=C\CCCCCCCCCCCCCC(=O)OC(COC(=O)CCCCCCCCCCCCCCCCCCCCCC)COC(OCC[N+](C)(C)C)C(=O)[O-]. The molecule has 0 spiro atoms. The lowest BCUT2D eigenvalue weighted by Crippen LogP contribution is -2.44. The number of ether oxygens (including phenoxy) is 4. The summed E-state index contributed by atoms with van der Waals surface area (Å²) in [7, 11) is 5.93. The van der Waals surface area contributed by atoms with Crippen molar-refractivity contribution in [1.82, 2.24) is 0 Å². The summed E-state index contributed by atoms with van der Waals surface area (Å²) in [4.78, 5) is 37.4. The summed E-state index contributed by atoms with van der Waals surface area (Å²) in [6.45, 7) is 4.66. The lowest BCUT2D eigenvalue weighted by atomic mass is 10.0. The van der Waals surface area contributed by atoms with Crippen LogP contribution < -0.4 is 5.11 Å². The molecular formula is C75H129NO8. The van der Waals surface area contributed by atoms with Crippen LogP contribution in [0.15, 0.2) is 109 Å². The molecule has 482 valence electrons. The lowest BCUT2D eigenvalue weighted by molar-refractivity contribution is -0.870. The Hall–Kier alpha value is -4.05. The van der Waals surface area contributed by atoms with Gasteiger partial charge in [0, 0.05) is 12.8 Å². The van der Waals surface area contributed by atoms with Gasteiger partial charge >= 0.3 is 11.9 Å². The number of nitrogens with zero attached hydrogens (tertiary/aromatic N) is 1. The van der Waals surface area contributed by atoms with Crippen molar-refractivity contribution in [2.45, 2.75) is 302 Å². The maximum absolute atomic E-state index is 12.9. The van der Waals surface area contributed by atoms with Crippen LogP contribution in [-0.4, -0.2) is 82.3 Å². The molecule has 9 heteroatoms. The van der Waals surface area contributed by atoms with Gasteiger partial charge in [-0.05, 0) is 83.5 Å². The lowest BCUT2D eigenvalue weighted by Gasteiger charge is -2.26. The Bertz CT molecular complexity index is 1750. The molecule has 84 heavy (non-hydrogen) atoms. The molecule has 0 radical (unpaired) electrons. The Morgan fingerprint density at radius 2 is 0.679 bits per heavy atom. The molecule has 0 N–H and O–H groups in total. The van der Waals surface area contributed by atoms with Gasteiger partial charge in [-0.2, -0.15) is 0 Å². The van der Waals surface area contributed by atoms with E-state index in [4.69, 9.17) is 18.9 Å². The minimum Gasteiger partial charge on any atom is -0.545 e. The van der Waals surface area contributed by atoms with E-state index < -0.39 is 24.3 Å². The zero-order valence-corrected chi connectivity index (χ0v) is 55.0. The predicted octanol–water partition coefficient (Wildman–Crippen LogP) is 20.1. The van der Waals surface area contributed by atoms with E-state index in [-0.39, 0.29) is 32.2 Å². The number of likely N-dealkylation sites (N-methyl/N-ethyl adjacent to an activating group) is 1. The molecule has 0 amide bonds. The van der Waals surface area contributed by atoms with Crippen LogP contribution in [0.3, 0.4) is 0 Å². The third-order valence-corrected chi connectivity index (χ3v) is 14.8. The number of hydrogen-bond donors (Lipinski definition) is 0. The molecule has 0 aromatic heterocycles. The van der Waals surface area contributed by atoms with E-state index in [2.05, 4.69) is 123 Å². The Balaban J connectivity index is 4.12. The van der Waals surface area contributed by atoms with Gasteiger partial charge in [0.2, 0.25) is 0 Å². The average Bonchev–Trinajstić information content (AvgIpc) is 3.52. The fourth-order valence-electron chi connectivity index (χ4n) is 9.53. The first-order valence-corrected chi connectivity index (χ1v) is 34.5. The third kappa shape index (κ3) is 65.5. The fourth-order valence-corrected chi connectivity index (χ4v) is 9.53. The summed E-state index contributed by atoms with van der Waals surface area (Å²) >= 11 is 0. The first-order valence-electron chi connectivity index (χ1n) is 34.5. The highest BCUT2D eigenvalue weighted by molar-refractivity contribution is 5.70. The van der Waals surface area contributed by atoms with Gasteiger partial charge in [0.15, 0.2) is 12.4 Å². The zero-order valence-electron chi connectivity index (χ0n) is 55.0. The highest BCUT2D eigenvalue weighted by Gasteiger charge is 2.22. The van der Waals surface area contributed by atoms with Gasteiger partial charge in [-0.1, -0.05) is 303 Å². The van der Waals surface area contributed by atoms with Gasteiger partial charge in [0.25, 0.3) is 0 Å². The van der Waals surface area contributed by atoms with E-state index in [0.717, 1.165) is 103 Å². The van der Waals surface area contributed by atoms with Gasteiger partial charge in [-0.15, -0.1) is 0 Å². The number of carbonyl (C=O) groups excluding carboxylic acids is 3. The Morgan fingerprint density at radius 3 is 1.01 bits per heavy atom. The number of rotatable bonds is 63. The van der Waals surface area contributed by atoms with Crippen LogP contribution in [0.25, 0.3) is 0 Å². The van der Waals surface area contributed by atoms with E-state index in [1.165, 1.54) is 154 Å². The molecule has 0 aromatic rings. The van der Waals surface area contributed by atoms with Crippen molar-refractivity contribution >= 4 is 17.9 Å². The Kier molecular flexibility index (Phi) is 61.8. The largest absolute Gasteiger partial charge is 0.545 e. The van der Waals surface area contributed by atoms with Crippen molar-refractivity contribution in [3.63, 3.8) is 0 Å². The van der Waals surface area contributed by atoms with Crippen molar-refractivity contribution in [3.05, 3.63) is 109 Å². The smallest absolute Gasteiger partial charge is 0.306 e. The minimum atomic E-state index is -1.63. The third-order valence-electron chi connectivity index (χ3n) is 14.8. The molecule has 0 fully saturated rings. The number of allylic oxidation sites excluding steroid dienone is 18. The van der Waals surface area contributed by atoms with Crippen LogP contribution in [0.2, 0.25) is 0 Å². The standard InChI is InChI=1S/C75H129NO8/c1-6-8-10-12-14-16-18-20-22-24-26-28-29-30-31-32-33-34-35-36-37-38-39-40-41-42-43-44-45-46-48-50-52-54-56-58-60-62-64-66-73(78)84-71(70-83-75(74(79)80)81-68-67-76(3,4)5)69-82-72(77)65-63-61-59-57-55-53-51-49-47-27-25-23-21-19-17-15-13-11-9-7-2/h8,10,14,16,20,22,26,28,30-31,33-34,36-37,39-40,42-43,71,75H,6-7,9,11-13,15,17-19,21,23-25,27,29,32,35,38,41,44-70H2,1-5H3/b10-8-,16-14-,22-20-,28-26-,31-30-,34-33-,37-36-,40-39-,43-42-. The highest BCUT2D eigenvalue weighted by Crippen LogP contribution is 2.17. The van der Waals surface area contributed by atoms with Crippen molar-refractivity contribution in [1.29, 1.82) is 0 Å². The Labute approximate surface area is 517 Å². The second-order valence-corrected chi connectivity index (χ2v) is 24.1. The number of aliphatic carboxylic acids is 1. The van der Waals surface area contributed by atoms with Crippen molar-refractivity contribution in [3.8, 4) is 0 Å². The van der Waals surface area contributed by atoms with Crippen LogP contribution in [0.4, 0.5) is 0 Å². The first kappa shape index (κ1) is 80.0. The molecule has 9 nitrogen and oxygen atoms in total. The number of carboxylic acid groups (broad SMARTS) is 1. The molecule has 0 rings (SSSR count). The normalized spacial score (nSPS) is 13.4. The summed E-state index contributed by atoms with van der Waals surface area (Å²) in [6, 6.07) is 0. The molecule has 0 aliphatic rings. The van der Waals surface area contributed by atoms with Gasteiger partial charge in [0.05, 0.1) is 40.3 Å². The molecule has 0 aliphatic carbocycles. The molecule has 0 saturated heterocycles. The summed E-state index contributed by atoms with van der Waals surface area (Å²) in [5, 5.41) is 11.8. The van der Waals surface area contributed by atoms with Gasteiger partial charge in [-0.25, -0.2) is 0 Å². The Morgan fingerprint density at radius 1 is 0.369 bits per heavy atom. The topological polar surface area (TPSA) is 111 Å². The predicted molar refractivity (Wildman–Crippen MR) is 357 cm³/mol. The van der Waals surface area contributed by atoms with E-state index in [0.29, 0.717) is 23.9 Å². The molecular weight excluding hydrogens is 1040 g/mol. The second kappa shape index (κ2) is 64.9. The fraction of sp³-hybridized carbons (Fsp3) is 0.720. The molecule has 2 unspecified atom stereocenters. The van der Waals surface area contributed by atoms with E-state index in [1.807, 2.05) is 21.1 Å². The first-order chi connectivity index (χ1) is 41.1. The monoisotopic (exact) mass is 1170 g/mol. The highest BCUT2D eigenvalue weighted by atomic mass is 16.7. The summed E-state index contributed by atoms with van der Waals surface area (Å²) in [5.74, 6) is -2.28. The van der Waals surface area contributed by atoms with Gasteiger partial charge < -0.3 is 33.3 Å². The zero-order chi connectivity index (χ0) is 61.2. The number of hydrogen-bond acceptors (Lipinski definition) is 8. The van der Waals surface area contributed by atoms with Crippen molar-refractivity contribution in [2.24, 2.45) is 0 Å². The van der Waals surface area contributed by atoms with Crippen molar-refractivity contribution < 1.29 is 42.9 Å². The summed E-state index contributed by atoms with van der Waals surface area (Å²) < 4.78 is 22.8. The molecule has 0 saturated carbocycles. The number of carbonyl (C=O) groups is 3. The quantitative estimate of drug-likeness (QED) is 0.0195. The maximum atomic E-state index is 12.9. The molecule has 0 aliphatic heterocycles. The maximum Gasteiger partial charge on any atom is 0.306 e. The van der Waals surface area contributed by atoms with Crippen molar-refractivity contribution in [2.75, 3.05) is 47.5 Å². The van der Waals surface area contributed by atoms with E-state index in [1.54, 1.807) is 0 Å².